The summed E-state index contributed by atoms with van der Waals surface area (Å²) in [6, 6.07) is 46.6. The number of carbonyl (C=O) groups excluding carboxylic acids is 2. The topological polar surface area (TPSA) is 70.2 Å². The highest BCUT2D eigenvalue weighted by Crippen LogP contribution is 2.40. The van der Waals surface area contributed by atoms with Crippen molar-refractivity contribution in [2.75, 3.05) is 6.54 Å². The molecule has 0 radical (unpaired) electrons. The lowest BCUT2D eigenvalue weighted by atomic mass is 10.0. The van der Waals surface area contributed by atoms with Crippen molar-refractivity contribution in [3.05, 3.63) is 156 Å². The van der Waals surface area contributed by atoms with E-state index < -0.39 is 6.04 Å². The molecule has 0 aromatic heterocycles. The van der Waals surface area contributed by atoms with Gasteiger partial charge in [-0.15, -0.1) is 0 Å². The van der Waals surface area contributed by atoms with E-state index in [9.17, 15) is 9.59 Å². The molecule has 2 unspecified atom stereocenters. The average Bonchev–Trinajstić information content (AvgIpc) is 3.91. The molecule has 6 rings (SSSR count). The van der Waals surface area contributed by atoms with Gasteiger partial charge >= 0.3 is 0 Å². The van der Waals surface area contributed by atoms with Crippen LogP contribution in [0.25, 0.3) is 22.3 Å². The van der Waals surface area contributed by atoms with Crippen LogP contribution in [0, 0.1) is 0 Å². The van der Waals surface area contributed by atoms with Crippen LogP contribution in [0.3, 0.4) is 0 Å². The van der Waals surface area contributed by atoms with E-state index in [0.29, 0.717) is 30.5 Å². The Morgan fingerprint density at radius 1 is 0.652 bits per heavy atom. The van der Waals surface area contributed by atoms with E-state index in [4.69, 9.17) is 0 Å². The summed E-state index contributed by atoms with van der Waals surface area (Å²) < 4.78 is 0. The fourth-order valence-electron chi connectivity index (χ4n) is 6.01. The molecule has 1 aliphatic rings. The van der Waals surface area contributed by atoms with Gasteiger partial charge in [-0.25, -0.2) is 0 Å². The van der Waals surface area contributed by atoms with Gasteiger partial charge in [0.25, 0.3) is 5.91 Å². The molecule has 3 N–H and O–H groups in total. The molecule has 0 spiro atoms. The SMILES string of the molecule is O=C(N[C@@H](CCCCNC1CC1c1ccccc1)C(=O)NCc1cccc(-c2ccccc2)c1)c1ccc(-c2ccccc2)cc1. The van der Waals surface area contributed by atoms with E-state index in [0.717, 1.165) is 47.2 Å². The summed E-state index contributed by atoms with van der Waals surface area (Å²) in [5.74, 6) is 0.180. The Morgan fingerprint density at radius 2 is 1.26 bits per heavy atom. The van der Waals surface area contributed by atoms with Gasteiger partial charge < -0.3 is 16.0 Å². The van der Waals surface area contributed by atoms with Crippen molar-refractivity contribution in [3.63, 3.8) is 0 Å². The highest BCUT2D eigenvalue weighted by atomic mass is 16.2. The third-order valence-corrected chi connectivity index (χ3v) is 8.72. The van der Waals surface area contributed by atoms with E-state index in [2.05, 4.69) is 70.5 Å². The van der Waals surface area contributed by atoms with Crippen molar-refractivity contribution in [3.8, 4) is 22.3 Å². The van der Waals surface area contributed by atoms with Gasteiger partial charge in [-0.3, -0.25) is 9.59 Å². The molecule has 3 atom stereocenters. The van der Waals surface area contributed by atoms with Crippen molar-refractivity contribution in [2.45, 2.75) is 50.2 Å². The Labute approximate surface area is 272 Å². The lowest BCUT2D eigenvalue weighted by Gasteiger charge is -2.19. The maximum atomic E-state index is 13.5. The summed E-state index contributed by atoms with van der Waals surface area (Å²) in [6.07, 6.45) is 3.49. The summed E-state index contributed by atoms with van der Waals surface area (Å²) in [7, 11) is 0. The zero-order valence-corrected chi connectivity index (χ0v) is 26.1. The number of amides is 2. The third-order valence-electron chi connectivity index (χ3n) is 8.72. The van der Waals surface area contributed by atoms with Gasteiger partial charge in [0.05, 0.1) is 0 Å². The number of unbranched alkanes of at least 4 members (excludes halogenated alkanes) is 1. The van der Waals surface area contributed by atoms with Crippen LogP contribution in [0.15, 0.2) is 140 Å². The first-order chi connectivity index (χ1) is 22.6. The summed E-state index contributed by atoms with van der Waals surface area (Å²) in [5, 5.41) is 9.80. The van der Waals surface area contributed by atoms with Crippen LogP contribution in [0.5, 0.6) is 0 Å². The Morgan fingerprint density at radius 3 is 1.96 bits per heavy atom. The van der Waals surface area contributed by atoms with Gasteiger partial charge in [-0.1, -0.05) is 121 Å². The Kier molecular flexibility index (Phi) is 10.3. The zero-order valence-electron chi connectivity index (χ0n) is 26.1. The minimum atomic E-state index is -0.628. The maximum Gasteiger partial charge on any atom is 0.251 e. The molecule has 0 bridgehead atoms. The summed E-state index contributed by atoms with van der Waals surface area (Å²) in [5.41, 5.74) is 7.32. The van der Waals surface area contributed by atoms with E-state index >= 15 is 0 Å². The molecule has 0 heterocycles. The summed E-state index contributed by atoms with van der Waals surface area (Å²) >= 11 is 0. The van der Waals surface area contributed by atoms with Gasteiger partial charge in [0.15, 0.2) is 0 Å². The fourth-order valence-corrected chi connectivity index (χ4v) is 6.01. The van der Waals surface area contributed by atoms with Crippen LogP contribution in [0.4, 0.5) is 0 Å². The number of hydrogen-bond donors (Lipinski definition) is 3. The van der Waals surface area contributed by atoms with Gasteiger partial charge in [0, 0.05) is 24.1 Å². The number of carbonyl (C=O) groups is 2. The second kappa shape index (κ2) is 15.3. The predicted octanol–water partition coefficient (Wildman–Crippen LogP) is 7.75. The summed E-state index contributed by atoms with van der Waals surface area (Å²) in [6.45, 7) is 1.28. The van der Waals surface area contributed by atoms with Gasteiger partial charge in [0.1, 0.15) is 6.04 Å². The van der Waals surface area contributed by atoms with E-state index in [1.807, 2.05) is 84.9 Å². The van der Waals surface area contributed by atoms with Gasteiger partial charge in [-0.05, 0) is 83.8 Å². The van der Waals surface area contributed by atoms with E-state index in [1.54, 1.807) is 0 Å². The Hall–Kier alpha value is -5.00. The van der Waals surface area contributed by atoms with Crippen molar-refractivity contribution < 1.29 is 9.59 Å². The van der Waals surface area contributed by atoms with Crippen LogP contribution in [-0.2, 0) is 11.3 Å². The van der Waals surface area contributed by atoms with Crippen molar-refractivity contribution in [1.29, 1.82) is 0 Å². The Bertz CT molecular complexity index is 1710. The first-order valence-corrected chi connectivity index (χ1v) is 16.3. The monoisotopic (exact) mass is 607 g/mol. The highest BCUT2D eigenvalue weighted by molar-refractivity contribution is 5.97. The first-order valence-electron chi connectivity index (χ1n) is 16.3. The molecule has 5 nitrogen and oxygen atoms in total. The second-order valence-electron chi connectivity index (χ2n) is 12.1. The predicted molar refractivity (Wildman–Crippen MR) is 186 cm³/mol. The van der Waals surface area contributed by atoms with E-state index in [1.165, 1.54) is 12.0 Å². The van der Waals surface area contributed by atoms with Crippen LogP contribution in [0.1, 0.15) is 53.1 Å². The largest absolute Gasteiger partial charge is 0.350 e. The molecule has 5 aromatic carbocycles. The molecule has 2 amide bonds. The molecule has 5 heteroatoms. The number of nitrogens with one attached hydrogen (secondary N) is 3. The third kappa shape index (κ3) is 8.38. The summed E-state index contributed by atoms with van der Waals surface area (Å²) in [4.78, 5) is 26.9. The standard InChI is InChI=1S/C41H41N3O2/c45-40(35-24-22-33(23-25-35)31-14-4-1-5-15-31)44-38(21-10-11-26-42-39-28-37(39)34-18-8-3-9-19-34)41(46)43-29-30-13-12-20-36(27-30)32-16-6-2-7-17-32/h1-9,12-20,22-25,27,37-39,42H,10-11,21,26,28-29H2,(H,43,46)(H,44,45)/t37?,38-,39?/m0/s1. The maximum absolute atomic E-state index is 13.5. The lowest BCUT2D eigenvalue weighted by Crippen LogP contribution is -2.46. The average molecular weight is 608 g/mol. The van der Waals surface area contributed by atoms with Crippen molar-refractivity contribution in [1.82, 2.24) is 16.0 Å². The first kappa shape index (κ1) is 31.0. The van der Waals surface area contributed by atoms with Crippen LogP contribution >= 0.6 is 0 Å². The minimum absolute atomic E-state index is 0.168. The molecule has 46 heavy (non-hydrogen) atoms. The fraction of sp³-hybridized carbons (Fsp3) is 0.220. The molecule has 1 saturated carbocycles. The smallest absolute Gasteiger partial charge is 0.251 e. The number of rotatable bonds is 14. The minimum Gasteiger partial charge on any atom is -0.350 e. The van der Waals surface area contributed by atoms with Gasteiger partial charge in [0.2, 0.25) is 5.91 Å². The molecule has 5 aromatic rings. The molecule has 0 saturated heterocycles. The quantitative estimate of drug-likeness (QED) is 0.113. The molecule has 1 aliphatic carbocycles. The lowest BCUT2D eigenvalue weighted by molar-refractivity contribution is -0.123. The molecule has 232 valence electrons. The van der Waals surface area contributed by atoms with E-state index in [-0.39, 0.29) is 11.8 Å². The van der Waals surface area contributed by atoms with Crippen molar-refractivity contribution in [2.24, 2.45) is 0 Å². The van der Waals surface area contributed by atoms with Crippen LogP contribution in [0.2, 0.25) is 0 Å². The molecule has 0 aliphatic heterocycles. The highest BCUT2D eigenvalue weighted by Gasteiger charge is 2.37. The number of benzene rings is 5. The second-order valence-corrected chi connectivity index (χ2v) is 12.1. The molecular formula is C41H41N3O2. The van der Waals surface area contributed by atoms with Crippen LogP contribution in [-0.4, -0.2) is 30.4 Å². The van der Waals surface area contributed by atoms with Gasteiger partial charge in [-0.2, -0.15) is 0 Å². The normalized spacial score (nSPS) is 15.9. The number of hydrogen-bond acceptors (Lipinski definition) is 3. The molecular weight excluding hydrogens is 566 g/mol. The zero-order chi connectivity index (χ0) is 31.6. The van der Waals surface area contributed by atoms with Crippen LogP contribution < -0.4 is 16.0 Å². The van der Waals surface area contributed by atoms with Crippen molar-refractivity contribution >= 4 is 11.8 Å². The molecule has 1 fully saturated rings. The Balaban J connectivity index is 1.05.